The highest BCUT2D eigenvalue weighted by atomic mass is 79.9. The van der Waals surface area contributed by atoms with Crippen LogP contribution in [0.15, 0.2) is 57.9 Å². The summed E-state index contributed by atoms with van der Waals surface area (Å²) in [5, 5.41) is 14.8. The SMILES string of the molecule is COc1ccc(S(=O)(=O)N2CCN(Cc3ccccc3Br)CC2)cc1.O=C(O)C(=O)O. The molecule has 1 fully saturated rings. The van der Waals surface area contributed by atoms with Gasteiger partial charge in [-0.25, -0.2) is 18.0 Å². The maximum absolute atomic E-state index is 12.8. The van der Waals surface area contributed by atoms with Gasteiger partial charge >= 0.3 is 11.9 Å². The Labute approximate surface area is 189 Å². The number of carbonyl (C=O) groups is 2. The summed E-state index contributed by atoms with van der Waals surface area (Å²) in [6.45, 7) is 3.25. The third-order valence-corrected chi connectivity index (χ3v) is 7.25. The van der Waals surface area contributed by atoms with Crippen molar-refractivity contribution < 1.29 is 33.0 Å². The Kier molecular flexibility index (Phi) is 8.99. The number of piperazine rings is 1. The maximum atomic E-state index is 12.8. The molecule has 0 aliphatic carbocycles. The van der Waals surface area contributed by atoms with Gasteiger partial charge < -0.3 is 14.9 Å². The smallest absolute Gasteiger partial charge is 0.414 e. The Balaban J connectivity index is 0.000000501. The Morgan fingerprint density at radius 3 is 2.00 bits per heavy atom. The number of ether oxygens (including phenoxy) is 1. The zero-order valence-electron chi connectivity index (χ0n) is 16.8. The van der Waals surface area contributed by atoms with Crippen molar-refractivity contribution in [1.29, 1.82) is 0 Å². The van der Waals surface area contributed by atoms with Crippen LogP contribution in [0.2, 0.25) is 0 Å². The average Bonchev–Trinajstić information content (AvgIpc) is 2.76. The number of methoxy groups -OCH3 is 1. The van der Waals surface area contributed by atoms with Gasteiger partial charge in [0.25, 0.3) is 0 Å². The molecule has 1 aliphatic heterocycles. The number of aliphatic carboxylic acids is 2. The van der Waals surface area contributed by atoms with E-state index in [1.807, 2.05) is 18.2 Å². The lowest BCUT2D eigenvalue weighted by Gasteiger charge is -2.34. The van der Waals surface area contributed by atoms with Crippen molar-refractivity contribution in [1.82, 2.24) is 9.21 Å². The third-order valence-electron chi connectivity index (χ3n) is 4.56. The molecule has 0 aromatic heterocycles. The van der Waals surface area contributed by atoms with Crippen LogP contribution in [-0.4, -0.2) is 73.1 Å². The summed E-state index contributed by atoms with van der Waals surface area (Å²) < 4.78 is 33.3. The standard InChI is InChI=1S/C18H21BrN2O3S.C2H2O4/c1-24-16-6-8-17(9-7-16)25(22,23)21-12-10-20(11-13-21)14-15-4-2-3-5-18(15)19;3-1(4)2(5)6/h2-9H,10-14H2,1H3;(H,3,4)(H,5,6). The van der Waals surface area contributed by atoms with Gasteiger partial charge in [-0.05, 0) is 35.9 Å². The van der Waals surface area contributed by atoms with Crippen molar-refractivity contribution >= 4 is 37.9 Å². The first kappa shape index (κ1) is 24.8. The van der Waals surface area contributed by atoms with Crippen LogP contribution in [0.25, 0.3) is 0 Å². The van der Waals surface area contributed by atoms with Crippen LogP contribution in [0, 0.1) is 0 Å². The van der Waals surface area contributed by atoms with E-state index in [2.05, 4.69) is 26.9 Å². The summed E-state index contributed by atoms with van der Waals surface area (Å²) in [4.78, 5) is 20.8. The van der Waals surface area contributed by atoms with Crippen molar-refractivity contribution in [3.8, 4) is 5.75 Å². The van der Waals surface area contributed by atoms with Gasteiger partial charge in [0.15, 0.2) is 0 Å². The van der Waals surface area contributed by atoms with Crippen LogP contribution >= 0.6 is 15.9 Å². The van der Waals surface area contributed by atoms with E-state index in [4.69, 9.17) is 24.5 Å². The minimum absolute atomic E-state index is 0.313. The van der Waals surface area contributed by atoms with Gasteiger partial charge in [0.05, 0.1) is 12.0 Å². The first-order valence-electron chi connectivity index (χ1n) is 9.21. The predicted molar refractivity (Wildman–Crippen MR) is 116 cm³/mol. The second-order valence-electron chi connectivity index (χ2n) is 6.56. The Bertz CT molecular complexity index is 992. The van der Waals surface area contributed by atoms with Gasteiger partial charge in [0, 0.05) is 37.2 Å². The van der Waals surface area contributed by atoms with E-state index in [-0.39, 0.29) is 0 Å². The molecular formula is C20H23BrN2O7S. The number of benzene rings is 2. The molecule has 1 aliphatic rings. The number of sulfonamides is 1. The summed E-state index contributed by atoms with van der Waals surface area (Å²) in [6.07, 6.45) is 0. The minimum atomic E-state index is -3.45. The van der Waals surface area contributed by atoms with Crippen LogP contribution in [-0.2, 0) is 26.2 Å². The van der Waals surface area contributed by atoms with Crippen molar-refractivity contribution in [2.45, 2.75) is 11.4 Å². The van der Waals surface area contributed by atoms with E-state index in [1.165, 1.54) is 5.56 Å². The lowest BCUT2D eigenvalue weighted by molar-refractivity contribution is -0.159. The quantitative estimate of drug-likeness (QED) is 0.581. The third kappa shape index (κ3) is 7.03. The molecular weight excluding hydrogens is 492 g/mol. The zero-order chi connectivity index (χ0) is 23.0. The normalized spacial score (nSPS) is 14.9. The zero-order valence-corrected chi connectivity index (χ0v) is 19.2. The van der Waals surface area contributed by atoms with Gasteiger partial charge in [-0.2, -0.15) is 4.31 Å². The molecule has 1 heterocycles. The fraction of sp³-hybridized carbons (Fsp3) is 0.300. The fourth-order valence-electron chi connectivity index (χ4n) is 2.89. The van der Waals surface area contributed by atoms with Gasteiger partial charge in [0.1, 0.15) is 5.75 Å². The lowest BCUT2D eigenvalue weighted by atomic mass is 10.2. The number of hydrogen-bond acceptors (Lipinski definition) is 6. The van der Waals surface area contributed by atoms with E-state index < -0.39 is 22.0 Å². The Morgan fingerprint density at radius 1 is 0.968 bits per heavy atom. The number of hydrogen-bond donors (Lipinski definition) is 2. The molecule has 0 unspecified atom stereocenters. The Hall–Kier alpha value is -2.47. The highest BCUT2D eigenvalue weighted by Crippen LogP contribution is 2.22. The summed E-state index contributed by atoms with van der Waals surface area (Å²) in [5.74, 6) is -3.00. The van der Waals surface area contributed by atoms with Crippen LogP contribution in [0.5, 0.6) is 5.75 Å². The van der Waals surface area contributed by atoms with Gasteiger partial charge in [-0.3, -0.25) is 4.90 Å². The molecule has 1 saturated heterocycles. The molecule has 0 radical (unpaired) electrons. The second-order valence-corrected chi connectivity index (χ2v) is 9.35. The van der Waals surface area contributed by atoms with Crippen molar-refractivity contribution in [2.24, 2.45) is 0 Å². The predicted octanol–water partition coefficient (Wildman–Crippen LogP) is 2.12. The summed E-state index contributed by atoms with van der Waals surface area (Å²) in [6, 6.07) is 14.7. The number of nitrogens with zero attached hydrogens (tertiary/aromatic N) is 2. The summed E-state index contributed by atoms with van der Waals surface area (Å²) in [7, 11) is -1.89. The number of halogens is 1. The molecule has 0 spiro atoms. The van der Waals surface area contributed by atoms with Crippen molar-refractivity contribution in [2.75, 3.05) is 33.3 Å². The van der Waals surface area contributed by atoms with Crippen LogP contribution in [0.1, 0.15) is 5.56 Å². The maximum Gasteiger partial charge on any atom is 0.414 e. The van der Waals surface area contributed by atoms with Crippen molar-refractivity contribution in [3.63, 3.8) is 0 Å². The molecule has 9 nitrogen and oxygen atoms in total. The number of carboxylic acids is 2. The van der Waals surface area contributed by atoms with E-state index in [9.17, 15) is 8.42 Å². The first-order valence-corrected chi connectivity index (χ1v) is 11.4. The van der Waals surface area contributed by atoms with Gasteiger partial charge in [-0.1, -0.05) is 34.1 Å². The monoisotopic (exact) mass is 514 g/mol. The number of rotatable bonds is 5. The molecule has 11 heteroatoms. The fourth-order valence-corrected chi connectivity index (χ4v) is 4.72. The highest BCUT2D eigenvalue weighted by molar-refractivity contribution is 9.10. The van der Waals surface area contributed by atoms with Gasteiger partial charge in [-0.15, -0.1) is 0 Å². The first-order chi connectivity index (χ1) is 14.6. The van der Waals surface area contributed by atoms with Crippen molar-refractivity contribution in [3.05, 3.63) is 58.6 Å². The number of carboxylic acid groups (broad SMARTS) is 2. The van der Waals surface area contributed by atoms with E-state index >= 15 is 0 Å². The van der Waals surface area contributed by atoms with E-state index in [1.54, 1.807) is 35.7 Å². The summed E-state index contributed by atoms with van der Waals surface area (Å²) >= 11 is 3.57. The topological polar surface area (TPSA) is 124 Å². The molecule has 0 amide bonds. The van der Waals surface area contributed by atoms with E-state index in [0.29, 0.717) is 23.7 Å². The molecule has 0 bridgehead atoms. The minimum Gasteiger partial charge on any atom is -0.497 e. The largest absolute Gasteiger partial charge is 0.497 e. The molecule has 168 valence electrons. The molecule has 2 N–H and O–H groups in total. The molecule has 0 atom stereocenters. The van der Waals surface area contributed by atoms with Crippen LogP contribution in [0.4, 0.5) is 0 Å². The highest BCUT2D eigenvalue weighted by Gasteiger charge is 2.28. The molecule has 3 rings (SSSR count). The van der Waals surface area contributed by atoms with E-state index in [0.717, 1.165) is 24.1 Å². The average molecular weight is 515 g/mol. The summed E-state index contributed by atoms with van der Waals surface area (Å²) in [5.41, 5.74) is 1.22. The molecule has 2 aromatic rings. The second kappa shape index (κ2) is 11.2. The Morgan fingerprint density at radius 2 is 1.52 bits per heavy atom. The lowest BCUT2D eigenvalue weighted by Crippen LogP contribution is -2.48. The van der Waals surface area contributed by atoms with Crippen LogP contribution < -0.4 is 4.74 Å². The molecule has 2 aromatic carbocycles. The molecule has 31 heavy (non-hydrogen) atoms. The van der Waals surface area contributed by atoms with Crippen LogP contribution in [0.3, 0.4) is 0 Å². The van der Waals surface area contributed by atoms with Gasteiger partial charge in [0.2, 0.25) is 10.0 Å². The molecule has 0 saturated carbocycles.